The van der Waals surface area contributed by atoms with Crippen molar-refractivity contribution in [3.05, 3.63) is 0 Å². The van der Waals surface area contributed by atoms with E-state index in [1.54, 1.807) is 0 Å². The Balaban J connectivity index is 3.43. The molecule has 0 aromatic rings. The number of aliphatic hydroxyl groups is 1. The van der Waals surface area contributed by atoms with Crippen LogP contribution in [0.3, 0.4) is 0 Å². The molecule has 0 saturated carbocycles. The Kier molecular flexibility index (Phi) is 8.94. The third-order valence-corrected chi connectivity index (χ3v) is 2.11. The van der Waals surface area contributed by atoms with E-state index in [1.807, 2.05) is 20.8 Å². The first-order chi connectivity index (χ1) is 7.60. The van der Waals surface area contributed by atoms with Crippen LogP contribution in [0, 0.1) is 0 Å². The summed E-state index contributed by atoms with van der Waals surface area (Å²) >= 11 is 0. The van der Waals surface area contributed by atoms with Crippen molar-refractivity contribution in [1.82, 2.24) is 10.6 Å². The molecule has 0 bridgehead atoms. The van der Waals surface area contributed by atoms with Crippen molar-refractivity contribution in [2.45, 2.75) is 45.8 Å². The lowest BCUT2D eigenvalue weighted by Gasteiger charge is -2.14. The normalized spacial score (nSPS) is 12.6. The van der Waals surface area contributed by atoms with Gasteiger partial charge in [0.05, 0.1) is 18.8 Å². The summed E-state index contributed by atoms with van der Waals surface area (Å²) in [5.74, 6) is 0. The number of aliphatic hydroxyl groups excluding tert-OH is 1. The van der Waals surface area contributed by atoms with Gasteiger partial charge >= 0.3 is 6.03 Å². The standard InChI is InChI=1S/C11H24N2O3/c1-4-10(8-14)13-11(15)12-6-5-7-16-9(2)3/h9-10,14H,4-8H2,1-3H3,(H2,12,13,15). The minimum Gasteiger partial charge on any atom is -0.394 e. The molecule has 0 aliphatic rings. The fourth-order valence-corrected chi connectivity index (χ4v) is 1.11. The zero-order valence-corrected chi connectivity index (χ0v) is 10.5. The van der Waals surface area contributed by atoms with Crippen LogP contribution in [0.15, 0.2) is 0 Å². The number of ether oxygens (including phenoxy) is 1. The summed E-state index contributed by atoms with van der Waals surface area (Å²) in [6.45, 7) is 7.08. The highest BCUT2D eigenvalue weighted by molar-refractivity contribution is 5.74. The Hall–Kier alpha value is -0.810. The molecule has 0 spiro atoms. The summed E-state index contributed by atoms with van der Waals surface area (Å²) in [5, 5.41) is 14.3. The number of rotatable bonds is 8. The number of hydrogen-bond acceptors (Lipinski definition) is 3. The van der Waals surface area contributed by atoms with Crippen LogP contribution < -0.4 is 10.6 Å². The van der Waals surface area contributed by atoms with Crippen molar-refractivity contribution >= 4 is 6.03 Å². The summed E-state index contributed by atoms with van der Waals surface area (Å²) in [5.41, 5.74) is 0. The van der Waals surface area contributed by atoms with E-state index in [4.69, 9.17) is 9.84 Å². The number of carbonyl (C=O) groups excluding carboxylic acids is 1. The zero-order valence-electron chi connectivity index (χ0n) is 10.5. The van der Waals surface area contributed by atoms with Crippen LogP contribution >= 0.6 is 0 Å². The van der Waals surface area contributed by atoms with E-state index in [2.05, 4.69) is 10.6 Å². The van der Waals surface area contributed by atoms with Gasteiger partial charge in [-0.2, -0.15) is 0 Å². The van der Waals surface area contributed by atoms with E-state index in [0.29, 0.717) is 13.2 Å². The highest BCUT2D eigenvalue weighted by Crippen LogP contribution is 1.90. The molecule has 2 amide bonds. The van der Waals surface area contributed by atoms with Crippen LogP contribution in [0.1, 0.15) is 33.6 Å². The molecular weight excluding hydrogens is 208 g/mol. The molecule has 0 aliphatic heterocycles. The van der Waals surface area contributed by atoms with Gasteiger partial charge in [-0.3, -0.25) is 0 Å². The van der Waals surface area contributed by atoms with Crippen LogP contribution in [0.2, 0.25) is 0 Å². The minimum atomic E-state index is -0.231. The summed E-state index contributed by atoms with van der Waals surface area (Å²) in [6, 6.07) is -0.391. The first-order valence-electron chi connectivity index (χ1n) is 5.87. The maximum Gasteiger partial charge on any atom is 0.315 e. The van der Waals surface area contributed by atoms with E-state index < -0.39 is 0 Å². The van der Waals surface area contributed by atoms with Crippen LogP contribution in [0.25, 0.3) is 0 Å². The second kappa shape index (κ2) is 9.42. The Labute approximate surface area is 97.6 Å². The number of amides is 2. The minimum absolute atomic E-state index is 0.0274. The molecule has 3 N–H and O–H groups in total. The number of nitrogens with one attached hydrogen (secondary N) is 2. The maximum absolute atomic E-state index is 11.3. The lowest BCUT2D eigenvalue weighted by molar-refractivity contribution is 0.0774. The molecule has 0 rings (SSSR count). The van der Waals surface area contributed by atoms with Crippen molar-refractivity contribution < 1.29 is 14.6 Å². The number of urea groups is 1. The summed E-state index contributed by atoms with van der Waals surface area (Å²) in [7, 11) is 0. The van der Waals surface area contributed by atoms with Crippen LogP contribution in [-0.4, -0.2) is 43.0 Å². The van der Waals surface area contributed by atoms with Crippen molar-refractivity contribution in [3.8, 4) is 0 Å². The largest absolute Gasteiger partial charge is 0.394 e. The Morgan fingerprint density at radius 2 is 2.12 bits per heavy atom. The molecule has 0 saturated heterocycles. The van der Waals surface area contributed by atoms with Gasteiger partial charge in [-0.05, 0) is 26.7 Å². The first-order valence-corrected chi connectivity index (χ1v) is 5.87. The molecule has 0 aromatic carbocycles. The van der Waals surface area contributed by atoms with Gasteiger partial charge in [-0.15, -0.1) is 0 Å². The average molecular weight is 232 g/mol. The fourth-order valence-electron chi connectivity index (χ4n) is 1.11. The zero-order chi connectivity index (χ0) is 12.4. The molecular formula is C11H24N2O3. The highest BCUT2D eigenvalue weighted by atomic mass is 16.5. The van der Waals surface area contributed by atoms with Gasteiger partial charge in [0.15, 0.2) is 0 Å². The van der Waals surface area contributed by atoms with Gasteiger partial charge < -0.3 is 20.5 Å². The predicted molar refractivity (Wildman–Crippen MR) is 63.4 cm³/mol. The quantitative estimate of drug-likeness (QED) is 0.544. The molecule has 16 heavy (non-hydrogen) atoms. The van der Waals surface area contributed by atoms with E-state index >= 15 is 0 Å². The van der Waals surface area contributed by atoms with Gasteiger partial charge in [0, 0.05) is 13.2 Å². The Morgan fingerprint density at radius 1 is 1.44 bits per heavy atom. The molecule has 5 nitrogen and oxygen atoms in total. The molecule has 0 aromatic heterocycles. The number of hydrogen-bond donors (Lipinski definition) is 3. The molecule has 0 heterocycles. The monoisotopic (exact) mass is 232 g/mol. The van der Waals surface area contributed by atoms with E-state index in [0.717, 1.165) is 12.8 Å². The SMILES string of the molecule is CCC(CO)NC(=O)NCCCOC(C)C. The van der Waals surface area contributed by atoms with Gasteiger partial charge in [0.25, 0.3) is 0 Å². The van der Waals surface area contributed by atoms with Crippen molar-refractivity contribution in [3.63, 3.8) is 0 Å². The van der Waals surface area contributed by atoms with Gasteiger partial charge in [-0.25, -0.2) is 4.79 Å². The molecule has 96 valence electrons. The van der Waals surface area contributed by atoms with Crippen molar-refractivity contribution in [2.75, 3.05) is 19.8 Å². The van der Waals surface area contributed by atoms with Gasteiger partial charge in [0.2, 0.25) is 0 Å². The molecule has 0 radical (unpaired) electrons. The van der Waals surface area contributed by atoms with Crippen LogP contribution in [0.4, 0.5) is 4.79 Å². The lowest BCUT2D eigenvalue weighted by Crippen LogP contribution is -2.43. The Morgan fingerprint density at radius 3 is 2.62 bits per heavy atom. The van der Waals surface area contributed by atoms with E-state index in [9.17, 15) is 4.79 Å². The Bertz CT molecular complexity index is 182. The van der Waals surface area contributed by atoms with Crippen LogP contribution in [-0.2, 0) is 4.74 Å². The van der Waals surface area contributed by atoms with E-state index in [1.165, 1.54) is 0 Å². The third-order valence-electron chi connectivity index (χ3n) is 2.11. The number of carbonyl (C=O) groups is 1. The predicted octanol–water partition coefficient (Wildman–Crippen LogP) is 0.872. The molecule has 1 atom stereocenters. The third kappa shape index (κ3) is 8.49. The summed E-state index contributed by atoms with van der Waals surface area (Å²) < 4.78 is 5.34. The first kappa shape index (κ1) is 15.2. The van der Waals surface area contributed by atoms with Crippen molar-refractivity contribution in [2.24, 2.45) is 0 Å². The average Bonchev–Trinajstić information content (AvgIpc) is 2.25. The summed E-state index contributed by atoms with van der Waals surface area (Å²) in [4.78, 5) is 11.3. The maximum atomic E-state index is 11.3. The molecule has 0 aliphatic carbocycles. The molecule has 0 fully saturated rings. The van der Waals surface area contributed by atoms with Crippen LogP contribution in [0.5, 0.6) is 0 Å². The topological polar surface area (TPSA) is 70.6 Å². The molecule has 1 unspecified atom stereocenters. The summed E-state index contributed by atoms with van der Waals surface area (Å²) in [6.07, 6.45) is 1.75. The van der Waals surface area contributed by atoms with Crippen molar-refractivity contribution in [1.29, 1.82) is 0 Å². The molecule has 5 heteroatoms. The fraction of sp³-hybridized carbons (Fsp3) is 0.909. The van der Waals surface area contributed by atoms with Gasteiger partial charge in [-0.1, -0.05) is 6.92 Å². The van der Waals surface area contributed by atoms with Gasteiger partial charge in [0.1, 0.15) is 0 Å². The highest BCUT2D eigenvalue weighted by Gasteiger charge is 2.07. The second-order valence-corrected chi connectivity index (χ2v) is 3.96. The lowest BCUT2D eigenvalue weighted by atomic mass is 10.2. The second-order valence-electron chi connectivity index (χ2n) is 3.96. The van der Waals surface area contributed by atoms with E-state index in [-0.39, 0.29) is 24.8 Å². The smallest absolute Gasteiger partial charge is 0.315 e.